The van der Waals surface area contributed by atoms with Gasteiger partial charge in [-0.2, -0.15) is 4.98 Å². The summed E-state index contributed by atoms with van der Waals surface area (Å²) >= 11 is 0. The van der Waals surface area contributed by atoms with Crippen molar-refractivity contribution >= 4 is 5.91 Å². The predicted molar refractivity (Wildman–Crippen MR) is 106 cm³/mol. The van der Waals surface area contributed by atoms with E-state index in [0.717, 1.165) is 11.1 Å². The topological polar surface area (TPSA) is 103 Å². The standard InChI is InChI=1S/C21H24N4O3/c1-13(2)18(23-20(26)16-8-10-17(27-3)11-9-16)21-24-19(25-28-21)15-6-4-14(12-22)5-7-15/h4-11,13,18H,12,22H2,1-3H3,(H,23,26). The fourth-order valence-corrected chi connectivity index (χ4v) is 2.75. The summed E-state index contributed by atoms with van der Waals surface area (Å²) in [5.41, 5.74) is 8.02. The van der Waals surface area contributed by atoms with E-state index >= 15 is 0 Å². The van der Waals surface area contributed by atoms with Gasteiger partial charge >= 0.3 is 0 Å². The van der Waals surface area contributed by atoms with Crippen LogP contribution in [0.2, 0.25) is 0 Å². The smallest absolute Gasteiger partial charge is 0.251 e. The van der Waals surface area contributed by atoms with Crippen molar-refractivity contribution in [2.24, 2.45) is 11.7 Å². The number of nitrogens with one attached hydrogen (secondary N) is 1. The summed E-state index contributed by atoms with van der Waals surface area (Å²) in [5.74, 6) is 1.39. The quantitative estimate of drug-likeness (QED) is 0.652. The highest BCUT2D eigenvalue weighted by Crippen LogP contribution is 2.24. The number of rotatable bonds is 7. The Balaban J connectivity index is 1.78. The van der Waals surface area contributed by atoms with Gasteiger partial charge in [-0.1, -0.05) is 43.3 Å². The number of nitrogens with zero attached hydrogens (tertiary/aromatic N) is 2. The predicted octanol–water partition coefficient (Wildman–Crippen LogP) is 3.33. The van der Waals surface area contributed by atoms with Crippen LogP contribution in [0.1, 0.15) is 41.7 Å². The molecule has 1 amide bonds. The third-order valence-electron chi connectivity index (χ3n) is 4.46. The highest BCUT2D eigenvalue weighted by atomic mass is 16.5. The van der Waals surface area contributed by atoms with Crippen LogP contribution < -0.4 is 15.8 Å². The maximum absolute atomic E-state index is 12.6. The first-order chi connectivity index (χ1) is 13.5. The maximum Gasteiger partial charge on any atom is 0.251 e. The van der Waals surface area contributed by atoms with Gasteiger partial charge in [-0.05, 0) is 35.7 Å². The van der Waals surface area contributed by atoms with Crippen LogP contribution in [0.4, 0.5) is 0 Å². The Bertz CT molecular complexity index is 918. The van der Waals surface area contributed by atoms with Gasteiger partial charge in [0.15, 0.2) is 0 Å². The third-order valence-corrected chi connectivity index (χ3v) is 4.46. The van der Waals surface area contributed by atoms with Gasteiger partial charge in [0.1, 0.15) is 11.8 Å². The fraction of sp³-hybridized carbons (Fsp3) is 0.286. The number of hydrogen-bond acceptors (Lipinski definition) is 6. The molecule has 0 aliphatic heterocycles. The Morgan fingerprint density at radius 1 is 1.14 bits per heavy atom. The largest absolute Gasteiger partial charge is 0.497 e. The molecular weight excluding hydrogens is 356 g/mol. The van der Waals surface area contributed by atoms with Crippen LogP contribution in [-0.4, -0.2) is 23.2 Å². The molecule has 1 heterocycles. The van der Waals surface area contributed by atoms with Gasteiger partial charge in [0.05, 0.1) is 7.11 Å². The van der Waals surface area contributed by atoms with Crippen LogP contribution in [-0.2, 0) is 6.54 Å². The van der Waals surface area contributed by atoms with E-state index in [-0.39, 0.29) is 11.8 Å². The average Bonchev–Trinajstić information content (AvgIpc) is 3.21. The maximum atomic E-state index is 12.6. The summed E-state index contributed by atoms with van der Waals surface area (Å²) in [6.45, 7) is 4.45. The van der Waals surface area contributed by atoms with Crippen LogP contribution >= 0.6 is 0 Å². The van der Waals surface area contributed by atoms with Crippen LogP contribution in [0.3, 0.4) is 0 Å². The first-order valence-corrected chi connectivity index (χ1v) is 9.09. The van der Waals surface area contributed by atoms with E-state index in [1.54, 1.807) is 31.4 Å². The number of carbonyl (C=O) groups excluding carboxylic acids is 1. The molecule has 3 aromatic rings. The van der Waals surface area contributed by atoms with Crippen molar-refractivity contribution in [1.82, 2.24) is 15.5 Å². The van der Waals surface area contributed by atoms with Gasteiger partial charge in [0.25, 0.3) is 5.91 Å². The minimum absolute atomic E-state index is 0.0649. The average molecular weight is 380 g/mol. The number of amides is 1. The zero-order chi connectivity index (χ0) is 20.1. The Morgan fingerprint density at radius 3 is 2.39 bits per heavy atom. The molecule has 0 fully saturated rings. The molecule has 0 saturated carbocycles. The number of hydrogen-bond donors (Lipinski definition) is 2. The van der Waals surface area contributed by atoms with E-state index in [9.17, 15) is 4.79 Å². The van der Waals surface area contributed by atoms with Crippen molar-refractivity contribution in [3.8, 4) is 17.1 Å². The SMILES string of the molecule is COc1ccc(C(=O)NC(c2nc(-c3ccc(CN)cc3)no2)C(C)C)cc1. The number of methoxy groups -OCH3 is 1. The number of benzene rings is 2. The molecule has 146 valence electrons. The van der Waals surface area contributed by atoms with Crippen LogP contribution in [0.5, 0.6) is 5.75 Å². The lowest BCUT2D eigenvalue weighted by Gasteiger charge is -2.18. The minimum atomic E-state index is -0.404. The van der Waals surface area contributed by atoms with E-state index in [0.29, 0.717) is 29.6 Å². The molecule has 3 N–H and O–H groups in total. The summed E-state index contributed by atoms with van der Waals surface area (Å²) in [7, 11) is 1.58. The monoisotopic (exact) mass is 380 g/mol. The van der Waals surface area contributed by atoms with Crippen LogP contribution in [0.25, 0.3) is 11.4 Å². The van der Waals surface area contributed by atoms with Gasteiger partial charge < -0.3 is 20.3 Å². The molecule has 7 nitrogen and oxygen atoms in total. The zero-order valence-electron chi connectivity index (χ0n) is 16.2. The van der Waals surface area contributed by atoms with E-state index in [2.05, 4.69) is 15.5 Å². The lowest BCUT2D eigenvalue weighted by Crippen LogP contribution is -2.32. The summed E-state index contributed by atoms with van der Waals surface area (Å²) < 4.78 is 10.6. The summed E-state index contributed by atoms with van der Waals surface area (Å²) in [6, 6.07) is 14.2. The molecule has 28 heavy (non-hydrogen) atoms. The summed E-state index contributed by atoms with van der Waals surface area (Å²) in [6.07, 6.45) is 0. The van der Waals surface area contributed by atoms with Gasteiger partial charge in [-0.15, -0.1) is 0 Å². The number of nitrogens with two attached hydrogens (primary N) is 1. The number of carbonyl (C=O) groups is 1. The molecule has 0 aliphatic carbocycles. The first kappa shape index (κ1) is 19.6. The zero-order valence-corrected chi connectivity index (χ0v) is 16.2. The molecular formula is C21H24N4O3. The molecule has 7 heteroatoms. The molecule has 0 radical (unpaired) electrons. The second kappa shape index (κ2) is 8.67. The number of ether oxygens (including phenoxy) is 1. The van der Waals surface area contributed by atoms with E-state index in [4.69, 9.17) is 15.0 Å². The number of aromatic nitrogens is 2. The Labute approximate surface area is 163 Å². The summed E-state index contributed by atoms with van der Waals surface area (Å²) in [4.78, 5) is 17.1. The minimum Gasteiger partial charge on any atom is -0.497 e. The molecule has 0 aliphatic rings. The van der Waals surface area contributed by atoms with E-state index in [1.807, 2.05) is 38.1 Å². The van der Waals surface area contributed by atoms with Crippen molar-refractivity contribution < 1.29 is 14.1 Å². The molecule has 0 saturated heterocycles. The van der Waals surface area contributed by atoms with Gasteiger partial charge in [-0.25, -0.2) is 0 Å². The Morgan fingerprint density at radius 2 is 1.82 bits per heavy atom. The molecule has 2 aromatic carbocycles. The molecule has 1 aromatic heterocycles. The highest BCUT2D eigenvalue weighted by molar-refractivity contribution is 5.94. The lowest BCUT2D eigenvalue weighted by molar-refractivity contribution is 0.0914. The van der Waals surface area contributed by atoms with Gasteiger partial charge in [0.2, 0.25) is 11.7 Å². The van der Waals surface area contributed by atoms with Crippen molar-refractivity contribution in [1.29, 1.82) is 0 Å². The Kier molecular flexibility index (Phi) is 6.06. The van der Waals surface area contributed by atoms with Crippen LogP contribution in [0, 0.1) is 5.92 Å². The summed E-state index contributed by atoms with van der Waals surface area (Å²) in [5, 5.41) is 7.04. The Hall–Kier alpha value is -3.19. The third kappa shape index (κ3) is 4.37. The highest BCUT2D eigenvalue weighted by Gasteiger charge is 2.25. The van der Waals surface area contributed by atoms with Gasteiger partial charge in [0, 0.05) is 17.7 Å². The van der Waals surface area contributed by atoms with Crippen molar-refractivity contribution in [3.05, 3.63) is 65.5 Å². The van der Waals surface area contributed by atoms with E-state index < -0.39 is 6.04 Å². The van der Waals surface area contributed by atoms with Crippen molar-refractivity contribution in [3.63, 3.8) is 0 Å². The second-order valence-electron chi connectivity index (χ2n) is 6.78. The normalized spacial score (nSPS) is 12.0. The van der Waals surface area contributed by atoms with E-state index in [1.165, 1.54) is 0 Å². The molecule has 0 bridgehead atoms. The second-order valence-corrected chi connectivity index (χ2v) is 6.78. The first-order valence-electron chi connectivity index (χ1n) is 9.09. The molecule has 3 rings (SSSR count). The molecule has 1 unspecified atom stereocenters. The van der Waals surface area contributed by atoms with Crippen LogP contribution in [0.15, 0.2) is 53.1 Å². The molecule has 1 atom stereocenters. The fourth-order valence-electron chi connectivity index (χ4n) is 2.75. The van der Waals surface area contributed by atoms with Gasteiger partial charge in [-0.3, -0.25) is 4.79 Å². The molecule has 0 spiro atoms. The van der Waals surface area contributed by atoms with Crippen molar-refractivity contribution in [2.75, 3.05) is 7.11 Å². The lowest BCUT2D eigenvalue weighted by atomic mass is 10.0. The van der Waals surface area contributed by atoms with Crippen molar-refractivity contribution in [2.45, 2.75) is 26.4 Å².